The number of hydrogen-bond acceptors (Lipinski definition) is 8. The maximum atomic E-state index is 12.9. The van der Waals surface area contributed by atoms with E-state index in [9.17, 15) is 20.1 Å². The summed E-state index contributed by atoms with van der Waals surface area (Å²) in [7, 11) is 0. The van der Waals surface area contributed by atoms with Crippen molar-refractivity contribution < 1.29 is 19.7 Å². The number of benzene rings is 2. The van der Waals surface area contributed by atoms with Crippen LogP contribution in [-0.4, -0.2) is 56.3 Å². The van der Waals surface area contributed by atoms with Crippen LogP contribution in [0.2, 0.25) is 0 Å². The molecule has 0 aliphatic carbocycles. The summed E-state index contributed by atoms with van der Waals surface area (Å²) in [5, 5.41) is 30.6. The lowest BCUT2D eigenvalue weighted by atomic mass is 10.1. The second-order valence-corrected chi connectivity index (χ2v) is 8.53. The highest BCUT2D eigenvalue weighted by Gasteiger charge is 2.23. The van der Waals surface area contributed by atoms with Crippen molar-refractivity contribution in [2.75, 3.05) is 26.2 Å². The smallest absolute Gasteiger partial charge is 0.197 e. The maximum absolute atomic E-state index is 12.9. The van der Waals surface area contributed by atoms with Crippen molar-refractivity contribution in [3.63, 3.8) is 0 Å². The average molecular weight is 460 g/mol. The lowest BCUT2D eigenvalue weighted by molar-refractivity contribution is 0.121. The van der Waals surface area contributed by atoms with Crippen LogP contribution in [0.5, 0.6) is 17.2 Å². The number of nitrogens with zero attached hydrogens (tertiary/aromatic N) is 3. The van der Waals surface area contributed by atoms with E-state index in [1.165, 1.54) is 29.8 Å². The molecule has 174 valence electrons. The Hall–Kier alpha value is -3.88. The quantitative estimate of drug-likeness (QED) is 0.417. The lowest BCUT2D eigenvalue weighted by Gasteiger charge is -2.34. The summed E-state index contributed by atoms with van der Waals surface area (Å²) in [4.78, 5) is 21.5. The molecule has 8 heteroatoms. The fourth-order valence-electron chi connectivity index (χ4n) is 4.35. The highest BCUT2D eigenvalue weighted by atomic mass is 16.3. The predicted octanol–water partition coefficient (Wildman–Crippen LogP) is 3.29. The van der Waals surface area contributed by atoms with Gasteiger partial charge < -0.3 is 19.7 Å². The summed E-state index contributed by atoms with van der Waals surface area (Å²) >= 11 is 0. The first kappa shape index (κ1) is 21.9. The molecule has 0 saturated carbocycles. The largest absolute Gasteiger partial charge is 0.508 e. The van der Waals surface area contributed by atoms with Crippen LogP contribution in [0.15, 0.2) is 70.1 Å². The number of pyridine rings is 1. The molecule has 0 unspecified atom stereocenters. The van der Waals surface area contributed by atoms with Crippen molar-refractivity contribution in [1.82, 2.24) is 14.8 Å². The third kappa shape index (κ3) is 4.46. The minimum Gasteiger partial charge on any atom is -0.508 e. The van der Waals surface area contributed by atoms with E-state index in [1.807, 2.05) is 12.1 Å². The fourth-order valence-corrected chi connectivity index (χ4v) is 4.35. The molecule has 0 spiro atoms. The molecule has 5 rings (SSSR count). The second kappa shape index (κ2) is 9.17. The molecular weight excluding hydrogens is 434 g/mol. The molecule has 2 aromatic heterocycles. The minimum atomic E-state index is -0.398. The SMILES string of the molecule is O=c1cc(-c2ccc(O)cc2)oc2c(CN3CCN(Cc4ccncc4)CC3)c(O)cc(O)c12. The van der Waals surface area contributed by atoms with Gasteiger partial charge in [0.1, 0.15) is 28.4 Å². The van der Waals surface area contributed by atoms with E-state index in [-0.39, 0.29) is 28.2 Å². The summed E-state index contributed by atoms with van der Waals surface area (Å²) < 4.78 is 6.06. The molecule has 34 heavy (non-hydrogen) atoms. The Kier molecular flexibility index (Phi) is 5.91. The van der Waals surface area contributed by atoms with E-state index in [4.69, 9.17) is 4.42 Å². The van der Waals surface area contributed by atoms with Crippen molar-refractivity contribution in [3.05, 3.63) is 82.3 Å². The average Bonchev–Trinajstić information content (AvgIpc) is 2.83. The molecule has 3 heterocycles. The van der Waals surface area contributed by atoms with Crippen LogP contribution in [0.25, 0.3) is 22.3 Å². The number of piperazine rings is 1. The van der Waals surface area contributed by atoms with Gasteiger partial charge in [-0.2, -0.15) is 0 Å². The molecule has 8 nitrogen and oxygen atoms in total. The van der Waals surface area contributed by atoms with Gasteiger partial charge in [0.05, 0.1) is 5.56 Å². The Bertz CT molecular complexity index is 1360. The highest BCUT2D eigenvalue weighted by Crippen LogP contribution is 2.36. The van der Waals surface area contributed by atoms with E-state index in [1.54, 1.807) is 24.5 Å². The van der Waals surface area contributed by atoms with Gasteiger partial charge in [0.15, 0.2) is 11.0 Å². The molecule has 0 amide bonds. The predicted molar refractivity (Wildman–Crippen MR) is 128 cm³/mol. The number of phenols is 3. The molecular formula is C26H25N3O5. The molecule has 1 fully saturated rings. The third-order valence-electron chi connectivity index (χ3n) is 6.21. The Morgan fingerprint density at radius 1 is 0.824 bits per heavy atom. The van der Waals surface area contributed by atoms with Crippen LogP contribution in [0.1, 0.15) is 11.1 Å². The third-order valence-corrected chi connectivity index (χ3v) is 6.21. The van der Waals surface area contributed by atoms with Gasteiger partial charge in [-0.25, -0.2) is 0 Å². The number of rotatable bonds is 5. The van der Waals surface area contributed by atoms with Crippen LogP contribution in [0, 0.1) is 0 Å². The molecule has 3 N–H and O–H groups in total. The fraction of sp³-hybridized carbons (Fsp3) is 0.231. The lowest BCUT2D eigenvalue weighted by Crippen LogP contribution is -2.45. The van der Waals surface area contributed by atoms with Gasteiger partial charge in [-0.1, -0.05) is 0 Å². The second-order valence-electron chi connectivity index (χ2n) is 8.53. The molecule has 1 aliphatic rings. The zero-order chi connectivity index (χ0) is 23.7. The monoisotopic (exact) mass is 459 g/mol. The van der Waals surface area contributed by atoms with E-state index >= 15 is 0 Å². The zero-order valence-electron chi connectivity index (χ0n) is 18.5. The molecule has 1 aliphatic heterocycles. The molecule has 4 aromatic rings. The maximum Gasteiger partial charge on any atom is 0.197 e. The van der Waals surface area contributed by atoms with Crippen molar-refractivity contribution in [1.29, 1.82) is 0 Å². The van der Waals surface area contributed by atoms with Gasteiger partial charge in [-0.15, -0.1) is 0 Å². The number of aromatic hydroxyl groups is 3. The van der Waals surface area contributed by atoms with Gasteiger partial charge in [0, 0.05) is 69.4 Å². The topological polar surface area (TPSA) is 110 Å². The standard InChI is InChI=1S/C26H25N3O5/c30-19-3-1-18(2-4-19)24-14-23(33)25-22(32)13-21(31)20(26(25)34-24)16-29-11-9-28(10-12-29)15-17-5-7-27-8-6-17/h1-8,13-14,30-32H,9-12,15-16H2. The summed E-state index contributed by atoms with van der Waals surface area (Å²) in [5.41, 5.74) is 2.06. The first-order valence-electron chi connectivity index (χ1n) is 11.1. The zero-order valence-corrected chi connectivity index (χ0v) is 18.5. The number of fused-ring (bicyclic) bond motifs is 1. The summed E-state index contributed by atoms with van der Waals surface area (Å²) in [6.45, 7) is 4.54. The van der Waals surface area contributed by atoms with E-state index in [2.05, 4.69) is 14.8 Å². The van der Waals surface area contributed by atoms with E-state index in [0.717, 1.165) is 32.7 Å². The first-order valence-corrected chi connectivity index (χ1v) is 11.1. The minimum absolute atomic E-state index is 0.0478. The van der Waals surface area contributed by atoms with Gasteiger partial charge in [-0.3, -0.25) is 19.6 Å². The van der Waals surface area contributed by atoms with Gasteiger partial charge in [0.2, 0.25) is 0 Å². The molecule has 0 bridgehead atoms. The highest BCUT2D eigenvalue weighted by molar-refractivity contribution is 5.89. The molecule has 0 atom stereocenters. The normalized spacial score (nSPS) is 15.1. The van der Waals surface area contributed by atoms with Crippen LogP contribution < -0.4 is 5.43 Å². The first-order chi connectivity index (χ1) is 16.5. The Morgan fingerprint density at radius 3 is 2.15 bits per heavy atom. The summed E-state index contributed by atoms with van der Waals surface area (Å²) in [5.74, 6) is -0.0310. The van der Waals surface area contributed by atoms with Crippen molar-refractivity contribution >= 4 is 11.0 Å². The Labute approximate surface area is 195 Å². The van der Waals surface area contributed by atoms with Crippen LogP contribution in [0.4, 0.5) is 0 Å². The number of phenolic OH excluding ortho intramolecular Hbond substituents is 3. The summed E-state index contributed by atoms with van der Waals surface area (Å²) in [6, 6.07) is 12.8. The van der Waals surface area contributed by atoms with E-state index < -0.39 is 5.43 Å². The number of aromatic nitrogens is 1. The summed E-state index contributed by atoms with van der Waals surface area (Å²) in [6.07, 6.45) is 3.59. The molecule has 1 saturated heterocycles. The molecule has 0 radical (unpaired) electrons. The Morgan fingerprint density at radius 2 is 1.47 bits per heavy atom. The van der Waals surface area contributed by atoms with E-state index in [0.29, 0.717) is 23.4 Å². The van der Waals surface area contributed by atoms with Gasteiger partial charge in [0.25, 0.3) is 0 Å². The molecule has 2 aromatic carbocycles. The van der Waals surface area contributed by atoms with Crippen LogP contribution >= 0.6 is 0 Å². The number of hydrogen-bond donors (Lipinski definition) is 3. The van der Waals surface area contributed by atoms with Crippen LogP contribution in [-0.2, 0) is 13.1 Å². The van der Waals surface area contributed by atoms with Crippen molar-refractivity contribution in [3.8, 4) is 28.6 Å². The van der Waals surface area contributed by atoms with Gasteiger partial charge in [-0.05, 0) is 42.0 Å². The van der Waals surface area contributed by atoms with Crippen LogP contribution in [0.3, 0.4) is 0 Å². The van der Waals surface area contributed by atoms with Crippen molar-refractivity contribution in [2.45, 2.75) is 13.1 Å². The van der Waals surface area contributed by atoms with Crippen molar-refractivity contribution in [2.24, 2.45) is 0 Å². The Balaban J connectivity index is 1.41. The van der Waals surface area contributed by atoms with Gasteiger partial charge >= 0.3 is 0 Å².